The fraction of sp³-hybridized carbons (Fsp3) is 0.438. The first-order valence-electron chi connectivity index (χ1n) is 6.98. The number of primary amides is 1. The number of allylic oxidation sites excluding steroid dienone is 1. The molecule has 1 amide bonds. The van der Waals surface area contributed by atoms with Crippen LogP contribution < -0.4 is 5.73 Å². The molecule has 3 heteroatoms. The summed E-state index contributed by atoms with van der Waals surface area (Å²) in [6, 6.07) is 0. The Balaban J connectivity index is 0.000000861. The van der Waals surface area contributed by atoms with Crippen LogP contribution in [0.4, 0.5) is 0 Å². The van der Waals surface area contributed by atoms with Crippen LogP contribution in [0.3, 0.4) is 0 Å². The predicted octanol–water partition coefficient (Wildman–Crippen LogP) is 3.62. The van der Waals surface area contributed by atoms with Gasteiger partial charge in [0.15, 0.2) is 0 Å². The van der Waals surface area contributed by atoms with E-state index >= 15 is 0 Å². The highest BCUT2D eigenvalue weighted by atomic mass is 16.1. The summed E-state index contributed by atoms with van der Waals surface area (Å²) in [6.07, 6.45) is 8.68. The maximum atomic E-state index is 11.4. The van der Waals surface area contributed by atoms with Gasteiger partial charge in [-0.25, -0.2) is 0 Å². The zero-order valence-corrected chi connectivity index (χ0v) is 12.1. The molecule has 1 atom stereocenters. The number of nitrogens with one attached hydrogen (secondary N) is 1. The third-order valence-electron chi connectivity index (χ3n) is 3.36. The Bertz CT molecular complexity index is 483. The molecule has 104 valence electrons. The zero-order valence-electron chi connectivity index (χ0n) is 12.1. The first-order chi connectivity index (χ1) is 9.19. The van der Waals surface area contributed by atoms with Crippen LogP contribution in [0.15, 0.2) is 12.7 Å². The van der Waals surface area contributed by atoms with Crippen molar-refractivity contribution < 1.29 is 4.79 Å². The van der Waals surface area contributed by atoms with Crippen molar-refractivity contribution in [2.45, 2.75) is 46.0 Å². The maximum Gasteiger partial charge on any atom is 0.226 e. The van der Waals surface area contributed by atoms with Crippen LogP contribution in [0.25, 0.3) is 12.2 Å². The topological polar surface area (TPSA) is 58.9 Å². The van der Waals surface area contributed by atoms with Crippen LogP contribution in [-0.4, -0.2) is 10.9 Å². The van der Waals surface area contributed by atoms with Gasteiger partial charge >= 0.3 is 0 Å². The highest BCUT2D eigenvalue weighted by molar-refractivity contribution is 5.83. The van der Waals surface area contributed by atoms with Crippen molar-refractivity contribution in [2.24, 2.45) is 5.73 Å². The Hall–Kier alpha value is -1.77. The third kappa shape index (κ3) is 2.98. The molecular weight excluding hydrogens is 236 g/mol. The predicted molar refractivity (Wildman–Crippen MR) is 81.8 cm³/mol. The number of hydrogen-bond acceptors (Lipinski definition) is 1. The third-order valence-corrected chi connectivity index (χ3v) is 3.36. The lowest BCUT2D eigenvalue weighted by Gasteiger charge is -2.19. The van der Waals surface area contributed by atoms with E-state index in [9.17, 15) is 4.79 Å². The molecule has 19 heavy (non-hydrogen) atoms. The minimum atomic E-state index is -0.241. The second-order valence-electron chi connectivity index (χ2n) is 4.40. The van der Waals surface area contributed by atoms with Gasteiger partial charge in [0, 0.05) is 17.0 Å². The number of amides is 1. The summed E-state index contributed by atoms with van der Waals surface area (Å²) in [5.41, 5.74) is 9.80. The number of hydrogen-bond donors (Lipinski definition) is 2. The molecule has 0 aliphatic heterocycles. The Morgan fingerprint density at radius 2 is 2.16 bits per heavy atom. The van der Waals surface area contributed by atoms with Crippen molar-refractivity contribution in [2.75, 3.05) is 0 Å². The van der Waals surface area contributed by atoms with Crippen LogP contribution in [-0.2, 0) is 11.2 Å². The quantitative estimate of drug-likeness (QED) is 0.856. The van der Waals surface area contributed by atoms with Gasteiger partial charge < -0.3 is 10.7 Å². The Kier molecular flexibility index (Phi) is 5.61. The average molecular weight is 260 g/mol. The maximum absolute atomic E-state index is 11.4. The Morgan fingerprint density at radius 1 is 1.47 bits per heavy atom. The minimum Gasteiger partial charge on any atom is -0.369 e. The molecule has 0 saturated carbocycles. The zero-order chi connectivity index (χ0) is 14.4. The van der Waals surface area contributed by atoms with E-state index in [4.69, 9.17) is 5.73 Å². The lowest BCUT2D eigenvalue weighted by Crippen LogP contribution is -2.25. The van der Waals surface area contributed by atoms with Crippen molar-refractivity contribution in [3.63, 3.8) is 0 Å². The van der Waals surface area contributed by atoms with E-state index in [1.165, 1.54) is 5.56 Å². The first kappa shape index (κ1) is 15.3. The van der Waals surface area contributed by atoms with Gasteiger partial charge in [0.1, 0.15) is 0 Å². The van der Waals surface area contributed by atoms with E-state index in [2.05, 4.69) is 11.6 Å². The summed E-state index contributed by atoms with van der Waals surface area (Å²) in [7, 11) is 0. The lowest BCUT2D eigenvalue weighted by molar-refractivity contribution is -0.119. The molecule has 1 aliphatic rings. The van der Waals surface area contributed by atoms with Gasteiger partial charge in [-0.2, -0.15) is 0 Å². The van der Waals surface area contributed by atoms with E-state index in [-0.39, 0.29) is 11.8 Å². The second-order valence-corrected chi connectivity index (χ2v) is 4.40. The molecule has 0 aromatic carbocycles. The summed E-state index contributed by atoms with van der Waals surface area (Å²) in [4.78, 5) is 14.8. The van der Waals surface area contributed by atoms with Crippen LogP contribution >= 0.6 is 0 Å². The van der Waals surface area contributed by atoms with E-state index < -0.39 is 0 Å². The minimum absolute atomic E-state index is 0.170. The molecule has 0 spiro atoms. The molecule has 0 saturated heterocycles. The SMILES string of the molecule is C=Cc1c(/C=C\C)[nH]c2c1CCCC2C(N)=O.CC. The molecule has 0 bridgehead atoms. The van der Waals surface area contributed by atoms with Gasteiger partial charge in [0.2, 0.25) is 5.91 Å². The molecule has 1 aliphatic carbocycles. The highest BCUT2D eigenvalue weighted by Gasteiger charge is 2.28. The van der Waals surface area contributed by atoms with E-state index in [0.717, 1.165) is 36.2 Å². The number of carbonyl (C=O) groups is 1. The summed E-state index contributed by atoms with van der Waals surface area (Å²) < 4.78 is 0. The molecule has 3 nitrogen and oxygen atoms in total. The average Bonchev–Trinajstić information content (AvgIpc) is 2.78. The highest BCUT2D eigenvalue weighted by Crippen LogP contribution is 2.35. The van der Waals surface area contributed by atoms with Crippen molar-refractivity contribution in [3.05, 3.63) is 35.2 Å². The number of nitrogens with two attached hydrogens (primary N) is 1. The van der Waals surface area contributed by atoms with Crippen LogP contribution in [0.1, 0.15) is 62.0 Å². The molecule has 1 aromatic rings. The molecule has 3 N–H and O–H groups in total. The Morgan fingerprint density at radius 3 is 2.68 bits per heavy atom. The summed E-state index contributed by atoms with van der Waals surface area (Å²) in [6.45, 7) is 9.82. The van der Waals surface area contributed by atoms with Crippen molar-refractivity contribution in [3.8, 4) is 0 Å². The van der Waals surface area contributed by atoms with Gasteiger partial charge in [0.25, 0.3) is 0 Å². The summed E-state index contributed by atoms with van der Waals surface area (Å²) in [5, 5.41) is 0. The monoisotopic (exact) mass is 260 g/mol. The number of fused-ring (bicyclic) bond motifs is 1. The first-order valence-corrected chi connectivity index (χ1v) is 6.98. The second kappa shape index (κ2) is 6.98. The number of aromatic nitrogens is 1. The van der Waals surface area contributed by atoms with Gasteiger partial charge in [-0.05, 0) is 37.8 Å². The molecule has 2 rings (SSSR count). The molecular formula is C16H24N2O. The van der Waals surface area contributed by atoms with E-state index in [0.29, 0.717) is 0 Å². The Labute approximate surface area is 115 Å². The number of H-pyrrole nitrogens is 1. The van der Waals surface area contributed by atoms with Gasteiger partial charge in [-0.15, -0.1) is 0 Å². The fourth-order valence-corrected chi connectivity index (χ4v) is 2.61. The molecule has 0 fully saturated rings. The van der Waals surface area contributed by atoms with Crippen molar-refractivity contribution in [1.29, 1.82) is 0 Å². The standard InChI is InChI=1S/C14H18N2O.C2H6/c1-3-6-12-9(4-2)10-7-5-8-11(14(15)17)13(10)16-12;1-2/h3-4,6,11,16H,2,5,7-8H2,1H3,(H2,15,17);1-2H3/b6-3-;. The van der Waals surface area contributed by atoms with Crippen LogP contribution in [0.2, 0.25) is 0 Å². The smallest absolute Gasteiger partial charge is 0.226 e. The van der Waals surface area contributed by atoms with E-state index in [1.54, 1.807) is 0 Å². The van der Waals surface area contributed by atoms with E-state index in [1.807, 2.05) is 39.0 Å². The van der Waals surface area contributed by atoms with Crippen molar-refractivity contribution >= 4 is 18.1 Å². The molecule has 1 aromatic heterocycles. The number of carbonyl (C=O) groups excluding carboxylic acids is 1. The summed E-state index contributed by atoms with van der Waals surface area (Å²) in [5.74, 6) is -0.411. The largest absolute Gasteiger partial charge is 0.369 e. The molecule has 1 unspecified atom stereocenters. The van der Waals surface area contributed by atoms with Crippen molar-refractivity contribution in [1.82, 2.24) is 4.98 Å². The van der Waals surface area contributed by atoms with Crippen LogP contribution in [0, 0.1) is 0 Å². The van der Waals surface area contributed by atoms with Gasteiger partial charge in [-0.1, -0.05) is 32.6 Å². The van der Waals surface area contributed by atoms with Crippen LogP contribution in [0.5, 0.6) is 0 Å². The fourth-order valence-electron chi connectivity index (χ4n) is 2.61. The number of aromatic amines is 1. The normalized spacial score (nSPS) is 17.5. The summed E-state index contributed by atoms with van der Waals surface area (Å²) >= 11 is 0. The molecule has 1 heterocycles. The number of rotatable bonds is 3. The van der Waals surface area contributed by atoms with Gasteiger partial charge in [0.05, 0.1) is 5.92 Å². The molecule has 0 radical (unpaired) electrons. The lowest BCUT2D eigenvalue weighted by atomic mass is 9.86. The van der Waals surface area contributed by atoms with Gasteiger partial charge in [-0.3, -0.25) is 4.79 Å².